The lowest BCUT2D eigenvalue weighted by Crippen LogP contribution is -2.48. The molecule has 2 amide bonds. The molecule has 166 valence electrons. The van der Waals surface area contributed by atoms with E-state index in [0.29, 0.717) is 29.9 Å². The smallest absolute Gasteiger partial charge is 0.262 e. The Morgan fingerprint density at radius 3 is 2.47 bits per heavy atom. The number of methoxy groups -OCH3 is 1. The molecule has 1 fully saturated rings. The third-order valence-electron chi connectivity index (χ3n) is 5.39. The molecular weight excluding hydrogens is 408 g/mol. The number of anilines is 1. The van der Waals surface area contributed by atoms with Crippen molar-refractivity contribution in [1.82, 2.24) is 24.6 Å². The maximum Gasteiger partial charge on any atom is 0.262 e. The molecule has 9 heteroatoms. The Morgan fingerprint density at radius 2 is 1.81 bits per heavy atom. The van der Waals surface area contributed by atoms with Crippen LogP contribution in [0, 0.1) is 0 Å². The summed E-state index contributed by atoms with van der Waals surface area (Å²) in [5.74, 6) is -0.0636. The second kappa shape index (κ2) is 9.61. The van der Waals surface area contributed by atoms with Crippen LogP contribution in [0.3, 0.4) is 0 Å². The molecule has 0 saturated carbocycles. The zero-order valence-corrected chi connectivity index (χ0v) is 18.2. The lowest BCUT2D eigenvalue weighted by molar-refractivity contribution is 0.0627. The number of hydrogen-bond donors (Lipinski definition) is 1. The fourth-order valence-electron chi connectivity index (χ4n) is 3.68. The van der Waals surface area contributed by atoms with Gasteiger partial charge < -0.3 is 15.0 Å². The van der Waals surface area contributed by atoms with E-state index in [1.54, 1.807) is 43.7 Å². The number of amides is 2. The first kappa shape index (κ1) is 21.5. The van der Waals surface area contributed by atoms with Crippen LogP contribution in [-0.4, -0.2) is 69.7 Å². The number of benzene rings is 1. The average Bonchev–Trinajstić information content (AvgIpc) is 3.21. The van der Waals surface area contributed by atoms with Crippen molar-refractivity contribution in [2.75, 3.05) is 38.6 Å². The van der Waals surface area contributed by atoms with Gasteiger partial charge in [-0.05, 0) is 36.4 Å². The first-order valence-corrected chi connectivity index (χ1v) is 10.4. The van der Waals surface area contributed by atoms with Crippen molar-refractivity contribution >= 4 is 17.5 Å². The van der Waals surface area contributed by atoms with Gasteiger partial charge in [0.2, 0.25) is 5.88 Å². The van der Waals surface area contributed by atoms with E-state index in [2.05, 4.69) is 20.3 Å². The van der Waals surface area contributed by atoms with Crippen LogP contribution in [0.15, 0.2) is 54.9 Å². The maximum absolute atomic E-state index is 12.9. The first-order valence-electron chi connectivity index (χ1n) is 10.4. The molecule has 0 bridgehead atoms. The van der Waals surface area contributed by atoms with Crippen molar-refractivity contribution in [3.05, 3.63) is 71.7 Å². The number of carbonyl (C=O) groups excluding carboxylic acids is 2. The molecule has 0 atom stereocenters. The van der Waals surface area contributed by atoms with Gasteiger partial charge in [0.15, 0.2) is 0 Å². The summed E-state index contributed by atoms with van der Waals surface area (Å²) in [4.78, 5) is 33.9. The first-order chi connectivity index (χ1) is 15.5. The van der Waals surface area contributed by atoms with Crippen molar-refractivity contribution in [1.29, 1.82) is 0 Å². The van der Waals surface area contributed by atoms with Gasteiger partial charge in [-0.25, -0.2) is 0 Å². The number of rotatable bonds is 6. The molecule has 1 N–H and O–H groups in total. The van der Waals surface area contributed by atoms with E-state index in [0.717, 1.165) is 25.3 Å². The Bertz CT molecular complexity index is 1070. The fraction of sp³-hybridized carbons (Fsp3) is 0.304. The summed E-state index contributed by atoms with van der Waals surface area (Å²) < 4.78 is 6.65. The molecule has 32 heavy (non-hydrogen) atoms. The monoisotopic (exact) mass is 434 g/mol. The predicted octanol–water partition coefficient (Wildman–Crippen LogP) is 2.03. The summed E-state index contributed by atoms with van der Waals surface area (Å²) >= 11 is 0. The van der Waals surface area contributed by atoms with Crippen LogP contribution in [0.1, 0.15) is 26.4 Å². The zero-order valence-electron chi connectivity index (χ0n) is 18.2. The van der Waals surface area contributed by atoms with E-state index >= 15 is 0 Å². The number of nitrogens with one attached hydrogen (secondary N) is 1. The molecule has 0 spiro atoms. The van der Waals surface area contributed by atoms with Crippen LogP contribution < -0.4 is 10.1 Å². The van der Waals surface area contributed by atoms with Crippen molar-refractivity contribution < 1.29 is 14.3 Å². The molecule has 0 aliphatic carbocycles. The van der Waals surface area contributed by atoms with Gasteiger partial charge in [-0.3, -0.25) is 24.2 Å². The average molecular weight is 435 g/mol. The Hall–Kier alpha value is -3.72. The molecule has 0 radical (unpaired) electrons. The predicted molar refractivity (Wildman–Crippen MR) is 120 cm³/mol. The summed E-state index contributed by atoms with van der Waals surface area (Å²) in [6.45, 7) is 3.75. The van der Waals surface area contributed by atoms with E-state index < -0.39 is 0 Å². The van der Waals surface area contributed by atoms with Crippen LogP contribution in [0.4, 0.5) is 5.69 Å². The number of nitrogens with zero attached hydrogens (tertiary/aromatic N) is 5. The summed E-state index contributed by atoms with van der Waals surface area (Å²) in [5.41, 5.74) is 2.57. The van der Waals surface area contributed by atoms with Crippen molar-refractivity contribution in [3.8, 4) is 5.88 Å². The summed E-state index contributed by atoms with van der Waals surface area (Å²) in [7, 11) is 3.19. The highest BCUT2D eigenvalue weighted by atomic mass is 16.5. The highest BCUT2D eigenvalue weighted by molar-refractivity contribution is 6.06. The van der Waals surface area contributed by atoms with Gasteiger partial charge in [0.05, 0.1) is 12.8 Å². The maximum atomic E-state index is 12.9. The van der Waals surface area contributed by atoms with Crippen LogP contribution in [0.2, 0.25) is 0 Å². The van der Waals surface area contributed by atoms with Crippen molar-refractivity contribution in [3.63, 3.8) is 0 Å². The van der Waals surface area contributed by atoms with E-state index in [1.807, 2.05) is 23.1 Å². The van der Waals surface area contributed by atoms with Gasteiger partial charge >= 0.3 is 0 Å². The topological polar surface area (TPSA) is 92.6 Å². The Balaban J connectivity index is 1.32. The minimum absolute atomic E-state index is 0.00529. The van der Waals surface area contributed by atoms with Crippen molar-refractivity contribution in [2.45, 2.75) is 6.54 Å². The van der Waals surface area contributed by atoms with Crippen molar-refractivity contribution in [2.24, 2.45) is 7.05 Å². The normalized spacial score (nSPS) is 14.2. The number of carbonyl (C=O) groups is 2. The van der Waals surface area contributed by atoms with Gasteiger partial charge in [0, 0.05) is 63.4 Å². The van der Waals surface area contributed by atoms with Gasteiger partial charge in [0.1, 0.15) is 5.56 Å². The lowest BCUT2D eigenvalue weighted by Gasteiger charge is -2.34. The summed E-state index contributed by atoms with van der Waals surface area (Å²) in [5, 5.41) is 6.90. The van der Waals surface area contributed by atoms with E-state index in [1.165, 1.54) is 11.8 Å². The standard InChI is InChI=1S/C23H26N6O3/c1-27-16-20(22(26-27)32-2)21(30)25-18-8-6-17(7-9-18)23(31)29-13-11-28(12-14-29)15-19-5-3-4-10-24-19/h3-10,16H,11-15H2,1-2H3,(H,25,30). The van der Waals surface area contributed by atoms with E-state index in [-0.39, 0.29) is 17.7 Å². The van der Waals surface area contributed by atoms with Crippen LogP contribution in [0.5, 0.6) is 5.88 Å². The third-order valence-corrected chi connectivity index (χ3v) is 5.39. The van der Waals surface area contributed by atoms with E-state index in [4.69, 9.17) is 4.74 Å². The number of ether oxygens (including phenoxy) is 1. The minimum atomic E-state index is -0.321. The van der Waals surface area contributed by atoms with Crippen LogP contribution >= 0.6 is 0 Å². The lowest BCUT2D eigenvalue weighted by atomic mass is 10.1. The molecule has 1 saturated heterocycles. The van der Waals surface area contributed by atoms with Gasteiger partial charge in [-0.2, -0.15) is 0 Å². The molecule has 0 unspecified atom stereocenters. The number of hydrogen-bond acceptors (Lipinski definition) is 6. The molecule has 9 nitrogen and oxygen atoms in total. The summed E-state index contributed by atoms with van der Waals surface area (Å²) in [6, 6.07) is 12.8. The molecule has 1 aliphatic rings. The number of aromatic nitrogens is 3. The molecule has 3 aromatic rings. The Labute approximate surface area is 186 Å². The number of aryl methyl sites for hydroxylation is 1. The van der Waals surface area contributed by atoms with E-state index in [9.17, 15) is 9.59 Å². The fourth-order valence-corrected chi connectivity index (χ4v) is 3.68. The zero-order chi connectivity index (χ0) is 22.5. The highest BCUT2D eigenvalue weighted by Crippen LogP contribution is 2.18. The van der Waals surface area contributed by atoms with Crippen LogP contribution in [0.25, 0.3) is 0 Å². The van der Waals surface area contributed by atoms with Gasteiger partial charge in [-0.15, -0.1) is 5.10 Å². The minimum Gasteiger partial charge on any atom is -0.479 e. The molecule has 3 heterocycles. The van der Waals surface area contributed by atoms with Gasteiger partial charge in [0.25, 0.3) is 11.8 Å². The number of pyridine rings is 1. The molecule has 1 aromatic carbocycles. The Morgan fingerprint density at radius 1 is 1.06 bits per heavy atom. The SMILES string of the molecule is COc1nn(C)cc1C(=O)Nc1ccc(C(=O)N2CCN(Cc3ccccn3)CC2)cc1. The second-order valence-corrected chi connectivity index (χ2v) is 7.65. The molecular formula is C23H26N6O3. The molecule has 1 aliphatic heterocycles. The Kier molecular flexibility index (Phi) is 6.46. The number of piperazine rings is 1. The van der Waals surface area contributed by atoms with Gasteiger partial charge in [-0.1, -0.05) is 6.07 Å². The highest BCUT2D eigenvalue weighted by Gasteiger charge is 2.22. The quantitative estimate of drug-likeness (QED) is 0.638. The molecule has 4 rings (SSSR count). The largest absolute Gasteiger partial charge is 0.479 e. The summed E-state index contributed by atoms with van der Waals surface area (Å²) in [6.07, 6.45) is 3.40. The molecule has 2 aromatic heterocycles. The third kappa shape index (κ3) is 4.94. The van der Waals surface area contributed by atoms with Crippen LogP contribution in [-0.2, 0) is 13.6 Å². The second-order valence-electron chi connectivity index (χ2n) is 7.65.